The summed E-state index contributed by atoms with van der Waals surface area (Å²) in [5.41, 5.74) is 1.04. The topological polar surface area (TPSA) is 226 Å². The molecule has 0 spiro atoms. The van der Waals surface area contributed by atoms with Gasteiger partial charge in [0.25, 0.3) is 20.0 Å². The van der Waals surface area contributed by atoms with Gasteiger partial charge in [-0.2, -0.15) is 0 Å². The first-order valence-electron chi connectivity index (χ1n) is 24.9. The van der Waals surface area contributed by atoms with Crippen LogP contribution in [-0.4, -0.2) is 155 Å². The number of hydrogen-bond acceptors (Lipinski definition) is 16. The molecule has 0 aliphatic carbocycles. The maximum atomic E-state index is 14.2. The van der Waals surface area contributed by atoms with E-state index in [4.69, 9.17) is 23.7 Å². The number of carbonyl (C=O) groups is 4. The summed E-state index contributed by atoms with van der Waals surface area (Å²) < 4.78 is 83.8. The largest absolute Gasteiger partial charge is 0.465 e. The van der Waals surface area contributed by atoms with Crippen LogP contribution in [0.1, 0.15) is 79.1 Å². The molecule has 0 unspecified atom stereocenters. The van der Waals surface area contributed by atoms with E-state index in [0.717, 1.165) is 24.8 Å². The third kappa shape index (κ3) is 10.9. The average Bonchev–Trinajstić information content (AvgIpc) is 4.05. The van der Waals surface area contributed by atoms with E-state index in [1.807, 2.05) is 79.3 Å². The molecule has 2 amide bonds. The van der Waals surface area contributed by atoms with Gasteiger partial charge in [0, 0.05) is 68.6 Å². The lowest BCUT2D eigenvalue weighted by atomic mass is 9.97. The van der Waals surface area contributed by atoms with Crippen LogP contribution in [-0.2, 0) is 49.3 Å². The Balaban J connectivity index is 0.000000205. The fraction of sp³-hybridized carbons (Fsp3) is 0.418. The maximum absolute atomic E-state index is 14.2. The second-order valence-corrected chi connectivity index (χ2v) is 25.2. The second-order valence-electron chi connectivity index (χ2n) is 21.6. The summed E-state index contributed by atoms with van der Waals surface area (Å²) >= 11 is 0. The molecule has 2 aromatic heterocycles. The number of aryl methyl sites for hydroxylation is 2. The summed E-state index contributed by atoms with van der Waals surface area (Å²) in [4.78, 5) is 57.7. The van der Waals surface area contributed by atoms with Crippen molar-refractivity contribution in [1.82, 2.24) is 17.7 Å². The van der Waals surface area contributed by atoms with Crippen LogP contribution >= 0.6 is 0 Å². The number of aliphatic hydroxyl groups is 1. The van der Waals surface area contributed by atoms with Crippen molar-refractivity contribution in [3.8, 4) is 0 Å². The van der Waals surface area contributed by atoms with Crippen LogP contribution in [0.5, 0.6) is 0 Å². The SMILES string of the molecule is COC(=O)c1ccc(N(C)C2CN(C(=O)OC(C)(C)C)C2)c2cc(C3(O)COC3)n(S(=O)(=O)c3ccc(C)cc3)c12.COC(=O)c1ccc(N(C)C2CN(C(=O)OC(C)(C)C)C2)c2ccn(S(=O)(=O)c3ccc(C)cc3)c12. The number of likely N-dealkylation sites (tertiary alicyclic amines) is 2. The summed E-state index contributed by atoms with van der Waals surface area (Å²) in [6.45, 7) is 16.2. The predicted molar refractivity (Wildman–Crippen MR) is 289 cm³/mol. The molecule has 6 aromatic rings. The van der Waals surface area contributed by atoms with Gasteiger partial charge in [0.2, 0.25) is 0 Å². The first kappa shape index (κ1) is 56.1. The van der Waals surface area contributed by atoms with Gasteiger partial charge in [-0.15, -0.1) is 0 Å². The molecule has 22 heteroatoms. The zero-order chi connectivity index (χ0) is 56.3. The number of amides is 2. The standard InChI is InChI=1S/C29H35N3O8S.C26H31N3O6S/c1-18-7-9-20(10-8-18)41(36,37)32-24(29(35)16-39-17-29)13-22-23(12-11-21(25(22)32)26(33)38-6)30(5)19-14-31(15-19)27(34)40-28(2,3)4;1-17-7-9-19(10-8-17)36(32,33)29-14-13-20-22(12-11-21(23(20)29)24(30)34-6)27(5)18-15-28(16-18)25(31)35-26(2,3)4/h7-13,19,35H,14-17H2,1-6H3;7-14,18H,15-16H2,1-6H3. The summed E-state index contributed by atoms with van der Waals surface area (Å²) in [5.74, 6) is -1.35. The van der Waals surface area contributed by atoms with Crippen LogP contribution in [0, 0.1) is 13.8 Å². The molecule has 3 fully saturated rings. The Hall–Kier alpha value is -7.14. The fourth-order valence-corrected chi connectivity index (χ4v) is 12.2. The van der Waals surface area contributed by atoms with E-state index in [1.54, 1.807) is 76.5 Å². The number of anilines is 2. The van der Waals surface area contributed by atoms with E-state index in [2.05, 4.69) is 0 Å². The first-order chi connectivity index (χ1) is 36.0. The van der Waals surface area contributed by atoms with Crippen molar-refractivity contribution in [2.75, 3.05) is 77.5 Å². The Morgan fingerprint density at radius 2 is 1.03 bits per heavy atom. The Morgan fingerprint density at radius 3 is 1.43 bits per heavy atom. The minimum atomic E-state index is -4.28. The van der Waals surface area contributed by atoms with Crippen molar-refractivity contribution >= 4 is 77.4 Å². The number of likely N-dealkylation sites (N-methyl/N-ethyl adjacent to an activating group) is 2. The number of aromatic nitrogens is 2. The molecular formula is C55H66N6O14S2. The minimum absolute atomic E-state index is 0.00162. The van der Waals surface area contributed by atoms with Crippen molar-refractivity contribution in [2.45, 2.75) is 94.1 Å². The molecule has 0 bridgehead atoms. The molecule has 77 heavy (non-hydrogen) atoms. The van der Waals surface area contributed by atoms with Gasteiger partial charge in [-0.25, -0.2) is 44.0 Å². The highest BCUT2D eigenvalue weighted by atomic mass is 32.2. The smallest absolute Gasteiger partial charge is 0.410 e. The molecule has 5 heterocycles. The number of rotatable bonds is 11. The summed E-state index contributed by atoms with van der Waals surface area (Å²) in [5, 5.41) is 12.4. The highest BCUT2D eigenvalue weighted by Crippen LogP contribution is 2.42. The first-order valence-corrected chi connectivity index (χ1v) is 27.7. The zero-order valence-corrected chi connectivity index (χ0v) is 46.9. The van der Waals surface area contributed by atoms with Crippen molar-refractivity contribution in [2.24, 2.45) is 0 Å². The molecule has 4 aromatic carbocycles. The van der Waals surface area contributed by atoms with Crippen LogP contribution in [0.3, 0.4) is 0 Å². The molecule has 20 nitrogen and oxygen atoms in total. The van der Waals surface area contributed by atoms with Gasteiger partial charge in [-0.1, -0.05) is 35.4 Å². The van der Waals surface area contributed by atoms with Gasteiger partial charge in [-0.3, -0.25) is 0 Å². The number of benzene rings is 4. The molecule has 0 radical (unpaired) electrons. The van der Waals surface area contributed by atoms with Gasteiger partial charge < -0.3 is 48.4 Å². The van der Waals surface area contributed by atoms with Crippen LogP contribution in [0.25, 0.3) is 21.8 Å². The van der Waals surface area contributed by atoms with E-state index in [-0.39, 0.29) is 69.0 Å². The van der Waals surface area contributed by atoms with Crippen molar-refractivity contribution in [3.63, 3.8) is 0 Å². The second kappa shape index (κ2) is 20.7. The van der Waals surface area contributed by atoms with Crippen LogP contribution < -0.4 is 9.80 Å². The summed E-state index contributed by atoms with van der Waals surface area (Å²) in [7, 11) is -2.04. The summed E-state index contributed by atoms with van der Waals surface area (Å²) in [6.07, 6.45) is 0.684. The van der Waals surface area contributed by atoms with E-state index in [1.165, 1.54) is 38.6 Å². The molecule has 0 saturated carbocycles. The molecule has 412 valence electrons. The molecule has 9 rings (SSSR count). The average molecular weight is 1100 g/mol. The highest BCUT2D eigenvalue weighted by molar-refractivity contribution is 7.90. The highest BCUT2D eigenvalue weighted by Gasteiger charge is 2.45. The number of carbonyl (C=O) groups excluding carboxylic acids is 4. The Labute approximate surface area is 448 Å². The zero-order valence-electron chi connectivity index (χ0n) is 45.3. The Kier molecular flexibility index (Phi) is 15.1. The lowest BCUT2D eigenvalue weighted by molar-refractivity contribution is -0.187. The Morgan fingerprint density at radius 1 is 0.610 bits per heavy atom. The van der Waals surface area contributed by atoms with Crippen LogP contribution in [0.15, 0.2) is 101 Å². The van der Waals surface area contributed by atoms with Crippen molar-refractivity contribution in [3.05, 3.63) is 119 Å². The molecule has 3 saturated heterocycles. The molecule has 1 N–H and O–H groups in total. The van der Waals surface area contributed by atoms with Crippen LogP contribution in [0.4, 0.5) is 21.0 Å². The fourth-order valence-electron chi connectivity index (χ4n) is 9.26. The van der Waals surface area contributed by atoms with Gasteiger partial charge in [-0.05, 0) is 116 Å². The van der Waals surface area contributed by atoms with Gasteiger partial charge >= 0.3 is 24.1 Å². The van der Waals surface area contributed by atoms with Crippen molar-refractivity contribution in [1.29, 1.82) is 0 Å². The van der Waals surface area contributed by atoms with Crippen LogP contribution in [0.2, 0.25) is 0 Å². The van der Waals surface area contributed by atoms with E-state index >= 15 is 0 Å². The third-order valence-electron chi connectivity index (χ3n) is 13.7. The van der Waals surface area contributed by atoms with Gasteiger partial charge in [0.05, 0.1) is 77.2 Å². The number of esters is 2. The van der Waals surface area contributed by atoms with E-state index in [0.29, 0.717) is 42.6 Å². The maximum Gasteiger partial charge on any atom is 0.410 e. The number of methoxy groups -OCH3 is 2. The number of fused-ring (bicyclic) bond motifs is 2. The number of hydrogen-bond donors (Lipinski definition) is 1. The lowest BCUT2D eigenvalue weighted by Gasteiger charge is -2.45. The molecular weight excluding hydrogens is 1030 g/mol. The monoisotopic (exact) mass is 1100 g/mol. The van der Waals surface area contributed by atoms with E-state index < -0.39 is 54.9 Å². The van der Waals surface area contributed by atoms with Crippen molar-refractivity contribution < 1.29 is 64.8 Å². The van der Waals surface area contributed by atoms with E-state index in [9.17, 15) is 41.1 Å². The minimum Gasteiger partial charge on any atom is -0.465 e. The molecule has 0 atom stereocenters. The van der Waals surface area contributed by atoms with Gasteiger partial charge in [0.1, 0.15) is 11.2 Å². The third-order valence-corrected chi connectivity index (χ3v) is 17.1. The normalized spacial score (nSPS) is 15.9. The summed E-state index contributed by atoms with van der Waals surface area (Å²) in [6, 6.07) is 22.7. The molecule has 3 aliphatic heterocycles. The lowest BCUT2D eigenvalue weighted by Crippen LogP contribution is -2.61. The number of nitrogens with zero attached hydrogens (tertiary/aromatic N) is 6. The molecule has 3 aliphatic rings. The Bertz CT molecular complexity index is 3490. The quantitative estimate of drug-likeness (QED) is 0.0994. The number of ether oxygens (including phenoxy) is 5. The predicted octanol–water partition coefficient (Wildman–Crippen LogP) is 7.28. The van der Waals surface area contributed by atoms with Gasteiger partial charge in [0.15, 0.2) is 5.60 Å².